The summed E-state index contributed by atoms with van der Waals surface area (Å²) in [7, 11) is 0. The summed E-state index contributed by atoms with van der Waals surface area (Å²) in [6, 6.07) is 5.98. The minimum Gasteiger partial charge on any atom is -0.451 e. The summed E-state index contributed by atoms with van der Waals surface area (Å²) < 4.78 is 11.5. The molecule has 0 atom stereocenters. The third-order valence-electron chi connectivity index (χ3n) is 5.72. The van der Waals surface area contributed by atoms with Crippen LogP contribution < -0.4 is 5.32 Å². The van der Waals surface area contributed by atoms with Gasteiger partial charge in [-0.2, -0.15) is 0 Å². The number of carbonyl (C=O) groups is 1. The second kappa shape index (κ2) is 8.37. The van der Waals surface area contributed by atoms with E-state index in [4.69, 9.17) is 8.83 Å². The first kappa shape index (κ1) is 19.6. The van der Waals surface area contributed by atoms with Crippen LogP contribution in [0.3, 0.4) is 0 Å². The third kappa shape index (κ3) is 4.34. The van der Waals surface area contributed by atoms with Gasteiger partial charge in [-0.15, -0.1) is 10.2 Å². The summed E-state index contributed by atoms with van der Waals surface area (Å²) in [6.07, 6.45) is 3.43. The molecule has 0 saturated carbocycles. The number of rotatable bonds is 6. The van der Waals surface area contributed by atoms with Crippen LogP contribution in [0.4, 0.5) is 0 Å². The molecule has 0 unspecified atom stereocenters. The topological polar surface area (TPSA) is 84.4 Å². The molecule has 0 radical (unpaired) electrons. The van der Waals surface area contributed by atoms with Crippen LogP contribution in [0.2, 0.25) is 0 Å². The maximum absolute atomic E-state index is 12.3. The predicted molar refractivity (Wildman–Crippen MR) is 111 cm³/mol. The first-order valence-corrected chi connectivity index (χ1v) is 10.4. The number of benzene rings is 1. The molecule has 3 heterocycles. The van der Waals surface area contributed by atoms with E-state index in [1.165, 1.54) is 12.8 Å². The maximum atomic E-state index is 12.3. The van der Waals surface area contributed by atoms with E-state index in [9.17, 15) is 4.79 Å². The number of aromatic nitrogens is 2. The van der Waals surface area contributed by atoms with E-state index in [2.05, 4.69) is 33.4 Å². The quantitative estimate of drug-likeness (QED) is 0.635. The Morgan fingerprint density at radius 1 is 1.21 bits per heavy atom. The van der Waals surface area contributed by atoms with E-state index < -0.39 is 0 Å². The summed E-state index contributed by atoms with van der Waals surface area (Å²) in [6.45, 7) is 10.2. The Kier molecular flexibility index (Phi) is 5.67. The van der Waals surface area contributed by atoms with Gasteiger partial charge in [0.05, 0.1) is 0 Å². The second-order valence-corrected chi connectivity index (χ2v) is 8.10. The number of furan rings is 1. The van der Waals surface area contributed by atoms with E-state index >= 15 is 0 Å². The molecule has 154 valence electrons. The van der Waals surface area contributed by atoms with Gasteiger partial charge in [0.2, 0.25) is 0 Å². The van der Waals surface area contributed by atoms with Crippen molar-refractivity contribution in [1.82, 2.24) is 20.4 Å². The Bertz CT molecular complexity index is 999. The molecule has 1 aliphatic rings. The van der Waals surface area contributed by atoms with Crippen molar-refractivity contribution in [2.45, 2.75) is 40.0 Å². The highest BCUT2D eigenvalue weighted by Crippen LogP contribution is 2.32. The Morgan fingerprint density at radius 2 is 2.00 bits per heavy atom. The van der Waals surface area contributed by atoms with E-state index in [1.807, 2.05) is 26.0 Å². The summed E-state index contributed by atoms with van der Waals surface area (Å²) in [5.74, 6) is 1.18. The fraction of sp³-hybridized carbons (Fsp3) is 0.500. The average molecular weight is 396 g/mol. The molecule has 2 aromatic heterocycles. The van der Waals surface area contributed by atoms with E-state index in [0.29, 0.717) is 12.3 Å². The minimum absolute atomic E-state index is 0.0390. The molecule has 3 aromatic rings. The van der Waals surface area contributed by atoms with Gasteiger partial charge >= 0.3 is 11.8 Å². The van der Waals surface area contributed by atoms with Gasteiger partial charge < -0.3 is 19.1 Å². The fourth-order valence-corrected chi connectivity index (χ4v) is 3.81. The van der Waals surface area contributed by atoms with Crippen LogP contribution >= 0.6 is 0 Å². The van der Waals surface area contributed by atoms with Crippen molar-refractivity contribution < 1.29 is 13.6 Å². The number of nitrogens with one attached hydrogen (secondary N) is 1. The maximum Gasteiger partial charge on any atom is 0.308 e. The van der Waals surface area contributed by atoms with E-state index in [-0.39, 0.29) is 17.7 Å². The zero-order valence-electron chi connectivity index (χ0n) is 17.3. The lowest BCUT2D eigenvalue weighted by Crippen LogP contribution is -2.35. The summed E-state index contributed by atoms with van der Waals surface area (Å²) in [4.78, 5) is 14.8. The highest BCUT2D eigenvalue weighted by molar-refractivity contribution is 5.90. The molecule has 1 aliphatic heterocycles. The van der Waals surface area contributed by atoms with Crippen LogP contribution in [0, 0.1) is 19.8 Å². The monoisotopic (exact) mass is 396 g/mol. The van der Waals surface area contributed by atoms with E-state index in [1.54, 1.807) is 0 Å². The lowest BCUT2D eigenvalue weighted by molar-refractivity contribution is 0.0916. The van der Waals surface area contributed by atoms with Crippen molar-refractivity contribution >= 4 is 16.9 Å². The smallest absolute Gasteiger partial charge is 0.308 e. The van der Waals surface area contributed by atoms with Crippen LogP contribution in [-0.4, -0.2) is 47.2 Å². The predicted octanol–water partition coefficient (Wildman–Crippen LogP) is 3.95. The van der Waals surface area contributed by atoms with E-state index in [0.717, 1.165) is 54.1 Å². The molecular weight excluding hydrogens is 368 g/mol. The van der Waals surface area contributed by atoms with Crippen molar-refractivity contribution in [2.75, 3.05) is 26.2 Å². The number of nitrogens with zero attached hydrogens (tertiary/aromatic N) is 3. The highest BCUT2D eigenvalue weighted by Gasteiger charge is 2.21. The Balaban J connectivity index is 1.34. The van der Waals surface area contributed by atoms with Gasteiger partial charge in [0.1, 0.15) is 5.58 Å². The van der Waals surface area contributed by atoms with Gasteiger partial charge in [0.15, 0.2) is 5.76 Å². The molecule has 29 heavy (non-hydrogen) atoms. The molecule has 1 N–H and O–H groups in total. The molecule has 1 amide bonds. The standard InChI is InChI=1S/C22H28N4O3/c1-14-7-11-26(12-8-14)10-4-9-23-20(27)22-25-24-21(29-22)19-16(3)17-13-15(2)5-6-18(17)28-19/h5-6,13-14H,4,7-12H2,1-3H3,(H,23,27). The summed E-state index contributed by atoms with van der Waals surface area (Å²) >= 11 is 0. The zero-order valence-corrected chi connectivity index (χ0v) is 17.3. The SMILES string of the molecule is Cc1ccc2oc(-c3nnc(C(=O)NCCCN4CCC(C)CC4)o3)c(C)c2c1. The van der Waals surface area contributed by atoms with Crippen molar-refractivity contribution in [3.63, 3.8) is 0 Å². The minimum atomic E-state index is -0.347. The van der Waals surface area contributed by atoms with Crippen molar-refractivity contribution in [2.24, 2.45) is 5.92 Å². The number of aryl methyl sites for hydroxylation is 2. The second-order valence-electron chi connectivity index (χ2n) is 8.10. The first-order valence-electron chi connectivity index (χ1n) is 10.4. The molecule has 7 heteroatoms. The van der Waals surface area contributed by atoms with Gasteiger partial charge in [-0.1, -0.05) is 18.6 Å². The van der Waals surface area contributed by atoms with Gasteiger partial charge in [-0.3, -0.25) is 4.79 Å². The van der Waals surface area contributed by atoms with Gasteiger partial charge in [-0.25, -0.2) is 0 Å². The summed E-state index contributed by atoms with van der Waals surface area (Å²) in [5.41, 5.74) is 2.84. The lowest BCUT2D eigenvalue weighted by Gasteiger charge is -2.30. The van der Waals surface area contributed by atoms with Crippen molar-refractivity contribution in [1.29, 1.82) is 0 Å². The molecule has 4 rings (SSSR count). The molecule has 0 bridgehead atoms. The number of piperidine rings is 1. The largest absolute Gasteiger partial charge is 0.451 e. The fourth-order valence-electron chi connectivity index (χ4n) is 3.81. The highest BCUT2D eigenvalue weighted by atomic mass is 16.4. The zero-order chi connectivity index (χ0) is 20.4. The van der Waals surface area contributed by atoms with Crippen LogP contribution in [0.15, 0.2) is 27.0 Å². The normalized spacial score (nSPS) is 15.8. The number of hydrogen-bond acceptors (Lipinski definition) is 6. The summed E-state index contributed by atoms with van der Waals surface area (Å²) in [5, 5.41) is 11.8. The molecule has 0 spiro atoms. The number of amides is 1. The Labute approximate surface area is 170 Å². The Morgan fingerprint density at radius 3 is 2.79 bits per heavy atom. The number of likely N-dealkylation sites (tertiary alicyclic amines) is 1. The van der Waals surface area contributed by atoms with Gasteiger partial charge in [-0.05, 0) is 70.8 Å². The molecule has 1 fully saturated rings. The molecular formula is C22H28N4O3. The number of fused-ring (bicyclic) bond motifs is 1. The van der Waals surface area contributed by atoms with Crippen molar-refractivity contribution in [3.8, 4) is 11.7 Å². The van der Waals surface area contributed by atoms with Crippen LogP contribution in [-0.2, 0) is 0 Å². The third-order valence-corrected chi connectivity index (χ3v) is 5.72. The average Bonchev–Trinajstić information content (AvgIpc) is 3.32. The molecule has 0 aliphatic carbocycles. The molecule has 1 saturated heterocycles. The number of hydrogen-bond donors (Lipinski definition) is 1. The van der Waals surface area contributed by atoms with Crippen LogP contribution in [0.25, 0.3) is 22.6 Å². The van der Waals surface area contributed by atoms with Gasteiger partial charge in [0, 0.05) is 17.5 Å². The lowest BCUT2D eigenvalue weighted by atomic mass is 9.99. The number of carbonyl (C=O) groups excluding carboxylic acids is 1. The Hall–Kier alpha value is -2.67. The van der Waals surface area contributed by atoms with Gasteiger partial charge in [0.25, 0.3) is 5.89 Å². The van der Waals surface area contributed by atoms with Crippen LogP contribution in [0.1, 0.15) is 48.0 Å². The molecule has 1 aromatic carbocycles. The molecule has 7 nitrogen and oxygen atoms in total. The van der Waals surface area contributed by atoms with Crippen LogP contribution in [0.5, 0.6) is 0 Å². The first-order chi connectivity index (χ1) is 14.0. The van der Waals surface area contributed by atoms with Crippen molar-refractivity contribution in [3.05, 3.63) is 35.2 Å².